The number of allylic oxidation sites excluding steroid dienone is 5. The summed E-state index contributed by atoms with van der Waals surface area (Å²) in [5.74, 6) is 0.133. The van der Waals surface area contributed by atoms with Gasteiger partial charge in [-0.25, -0.2) is 0 Å². The van der Waals surface area contributed by atoms with Crippen LogP contribution < -0.4 is 0 Å². The van der Waals surface area contributed by atoms with Gasteiger partial charge in [0, 0.05) is 17.1 Å². The highest BCUT2D eigenvalue weighted by Crippen LogP contribution is 2.34. The monoisotopic (exact) mass is 590 g/mol. The highest BCUT2D eigenvalue weighted by molar-refractivity contribution is 5.92. The molecule has 1 aliphatic carbocycles. The predicted molar refractivity (Wildman–Crippen MR) is 187 cm³/mol. The van der Waals surface area contributed by atoms with E-state index in [9.17, 15) is 15.3 Å². The van der Waals surface area contributed by atoms with Gasteiger partial charge in [-0.05, 0) is 80.8 Å². The third-order valence-corrected chi connectivity index (χ3v) is 8.21. The summed E-state index contributed by atoms with van der Waals surface area (Å²) in [5, 5.41) is 18.5. The number of nitrogens with zero attached hydrogens (tertiary/aromatic N) is 2. The average Bonchev–Trinajstić information content (AvgIpc) is 3.14. The van der Waals surface area contributed by atoms with Crippen LogP contribution in [-0.2, 0) is 0 Å². The standard InChI is InChI=1S/C43H30N2O/c44-28-33-10-20-39(21-11-33)43(40-22-12-34(29-45)13-23-40)27-32-8-18-37(19-9-32)36-16-6-31(7-17-36)26-42(38-4-2-1-3-5-38)41-24-14-35(30-46)15-25-41/h1-22,24-27,30,40H,23H2/b42-26+,43-27-. The first-order chi connectivity index (χ1) is 22.6. The number of aldehydes is 1. The van der Waals surface area contributed by atoms with E-state index >= 15 is 0 Å². The van der Waals surface area contributed by atoms with Gasteiger partial charge in [0.1, 0.15) is 6.29 Å². The van der Waals surface area contributed by atoms with Gasteiger partial charge >= 0.3 is 0 Å². The highest BCUT2D eigenvalue weighted by atomic mass is 16.1. The van der Waals surface area contributed by atoms with E-state index in [2.05, 4.69) is 91.0 Å². The third kappa shape index (κ3) is 6.92. The molecular formula is C43H30N2O. The number of carbonyl (C=O) groups excluding carboxylic acids is 1. The first-order valence-electron chi connectivity index (χ1n) is 15.2. The van der Waals surface area contributed by atoms with Crippen LogP contribution in [0, 0.1) is 28.6 Å². The molecule has 0 aromatic heterocycles. The Bertz CT molecular complexity index is 2050. The Balaban J connectivity index is 1.27. The van der Waals surface area contributed by atoms with Crippen LogP contribution in [0.25, 0.3) is 34.4 Å². The van der Waals surface area contributed by atoms with Gasteiger partial charge in [0.05, 0.1) is 17.7 Å². The summed E-state index contributed by atoms with van der Waals surface area (Å²) < 4.78 is 0. The lowest BCUT2D eigenvalue weighted by molar-refractivity contribution is 0.112. The Morgan fingerprint density at radius 2 is 1.17 bits per heavy atom. The lowest BCUT2D eigenvalue weighted by Gasteiger charge is -2.19. The van der Waals surface area contributed by atoms with Crippen molar-refractivity contribution in [2.75, 3.05) is 0 Å². The van der Waals surface area contributed by atoms with Gasteiger partial charge in [0.15, 0.2) is 0 Å². The van der Waals surface area contributed by atoms with Crippen LogP contribution in [0.15, 0.2) is 151 Å². The van der Waals surface area contributed by atoms with E-state index in [0.29, 0.717) is 16.7 Å². The van der Waals surface area contributed by atoms with Crippen molar-refractivity contribution in [1.82, 2.24) is 0 Å². The Morgan fingerprint density at radius 1 is 0.609 bits per heavy atom. The van der Waals surface area contributed by atoms with Crippen molar-refractivity contribution in [2.45, 2.75) is 6.42 Å². The van der Waals surface area contributed by atoms with Crippen LogP contribution in [-0.4, -0.2) is 6.29 Å². The molecule has 3 heteroatoms. The number of hydrogen-bond donors (Lipinski definition) is 0. The molecule has 0 aliphatic heterocycles. The average molecular weight is 591 g/mol. The first kappa shape index (κ1) is 29.8. The zero-order valence-electron chi connectivity index (χ0n) is 25.2. The van der Waals surface area contributed by atoms with Crippen LogP contribution in [0.5, 0.6) is 0 Å². The van der Waals surface area contributed by atoms with Crippen molar-refractivity contribution in [1.29, 1.82) is 10.5 Å². The summed E-state index contributed by atoms with van der Waals surface area (Å²) in [4.78, 5) is 11.2. The van der Waals surface area contributed by atoms with Crippen molar-refractivity contribution in [3.05, 3.63) is 190 Å². The van der Waals surface area contributed by atoms with Gasteiger partial charge in [-0.2, -0.15) is 10.5 Å². The van der Waals surface area contributed by atoms with Crippen molar-refractivity contribution in [2.24, 2.45) is 5.92 Å². The van der Waals surface area contributed by atoms with Crippen molar-refractivity contribution < 1.29 is 4.79 Å². The largest absolute Gasteiger partial charge is 0.298 e. The highest BCUT2D eigenvalue weighted by Gasteiger charge is 2.16. The topological polar surface area (TPSA) is 64.7 Å². The summed E-state index contributed by atoms with van der Waals surface area (Å²) in [6.07, 6.45) is 12.0. The summed E-state index contributed by atoms with van der Waals surface area (Å²) in [7, 11) is 0. The summed E-state index contributed by atoms with van der Waals surface area (Å²) in [6, 6.07) is 47.2. The number of hydrogen-bond acceptors (Lipinski definition) is 3. The predicted octanol–water partition coefficient (Wildman–Crippen LogP) is 10.2. The summed E-state index contributed by atoms with van der Waals surface area (Å²) in [5.41, 5.74) is 11.8. The zero-order valence-corrected chi connectivity index (χ0v) is 25.2. The van der Waals surface area contributed by atoms with Crippen molar-refractivity contribution >= 4 is 29.6 Å². The third-order valence-electron chi connectivity index (χ3n) is 8.21. The fraction of sp³-hybridized carbons (Fsp3) is 0.0465. The molecule has 1 aliphatic rings. The first-order valence-corrected chi connectivity index (χ1v) is 15.2. The molecule has 0 bridgehead atoms. The van der Waals surface area contributed by atoms with E-state index in [1.807, 2.05) is 78.9 Å². The lowest BCUT2D eigenvalue weighted by atomic mass is 9.84. The smallest absolute Gasteiger partial charge is 0.150 e. The van der Waals surface area contributed by atoms with E-state index in [1.54, 1.807) is 0 Å². The van der Waals surface area contributed by atoms with Crippen LogP contribution in [0.4, 0.5) is 0 Å². The fourth-order valence-electron chi connectivity index (χ4n) is 5.66. The van der Waals surface area contributed by atoms with Crippen LogP contribution in [0.2, 0.25) is 0 Å². The van der Waals surface area contributed by atoms with Gasteiger partial charge in [-0.15, -0.1) is 0 Å². The van der Waals surface area contributed by atoms with Crippen LogP contribution >= 0.6 is 0 Å². The molecule has 0 saturated heterocycles. The second-order valence-electron chi connectivity index (χ2n) is 11.2. The van der Waals surface area contributed by atoms with E-state index in [1.165, 1.54) is 0 Å². The van der Waals surface area contributed by atoms with Crippen LogP contribution in [0.1, 0.15) is 50.2 Å². The quantitative estimate of drug-likeness (QED) is 0.133. The molecule has 218 valence electrons. The minimum Gasteiger partial charge on any atom is -0.298 e. The molecule has 0 radical (unpaired) electrons. The summed E-state index contributed by atoms with van der Waals surface area (Å²) >= 11 is 0. The minimum atomic E-state index is 0.133. The van der Waals surface area contributed by atoms with E-state index in [0.717, 1.165) is 62.8 Å². The Hall–Kier alpha value is -6.29. The number of benzene rings is 5. The molecule has 6 rings (SSSR count). The Kier molecular flexibility index (Phi) is 9.06. The Labute approximate surface area is 270 Å². The van der Waals surface area contributed by atoms with Gasteiger partial charge in [0.2, 0.25) is 0 Å². The number of rotatable bonds is 8. The van der Waals surface area contributed by atoms with E-state index in [-0.39, 0.29) is 5.92 Å². The molecule has 0 fully saturated rings. The molecule has 5 aromatic carbocycles. The maximum Gasteiger partial charge on any atom is 0.150 e. The molecule has 46 heavy (non-hydrogen) atoms. The maximum atomic E-state index is 11.2. The molecule has 1 unspecified atom stereocenters. The molecule has 0 N–H and O–H groups in total. The zero-order chi connectivity index (χ0) is 31.7. The second-order valence-corrected chi connectivity index (χ2v) is 11.2. The Morgan fingerprint density at radius 3 is 1.72 bits per heavy atom. The fourth-order valence-corrected chi connectivity index (χ4v) is 5.66. The van der Waals surface area contributed by atoms with Gasteiger partial charge in [-0.3, -0.25) is 4.79 Å². The van der Waals surface area contributed by atoms with Gasteiger partial charge in [0.25, 0.3) is 0 Å². The molecule has 0 heterocycles. The lowest BCUT2D eigenvalue weighted by Crippen LogP contribution is -2.03. The molecule has 0 saturated carbocycles. The van der Waals surface area contributed by atoms with E-state index in [4.69, 9.17) is 0 Å². The molecule has 5 aromatic rings. The van der Waals surface area contributed by atoms with E-state index < -0.39 is 0 Å². The molecule has 3 nitrogen and oxygen atoms in total. The molecule has 1 atom stereocenters. The van der Waals surface area contributed by atoms with Gasteiger partial charge in [-0.1, -0.05) is 133 Å². The molecular weight excluding hydrogens is 560 g/mol. The second kappa shape index (κ2) is 14.0. The normalized spacial score (nSPS) is 14.6. The number of carbonyl (C=O) groups is 1. The maximum absolute atomic E-state index is 11.2. The summed E-state index contributed by atoms with van der Waals surface area (Å²) in [6.45, 7) is 0. The number of nitriles is 2. The van der Waals surface area contributed by atoms with Crippen molar-refractivity contribution in [3.8, 4) is 23.3 Å². The molecule has 0 spiro atoms. The van der Waals surface area contributed by atoms with Crippen LogP contribution in [0.3, 0.4) is 0 Å². The van der Waals surface area contributed by atoms with Crippen molar-refractivity contribution in [3.63, 3.8) is 0 Å². The minimum absolute atomic E-state index is 0.133. The SMILES string of the molecule is N#CC1=CCC(/C(=C\c2ccc(-c3ccc(/C=C(\c4ccccc4)c4ccc(C=O)cc4)cc3)cc2)c2ccc(C#N)cc2)C=C1. The van der Waals surface area contributed by atoms with Gasteiger partial charge < -0.3 is 0 Å². The molecule has 0 amide bonds.